The van der Waals surface area contributed by atoms with Crippen molar-refractivity contribution in [2.24, 2.45) is 5.92 Å². The molecule has 0 bridgehead atoms. The molecule has 3 aromatic rings. The van der Waals surface area contributed by atoms with E-state index in [1.54, 1.807) is 23.6 Å². The lowest BCUT2D eigenvalue weighted by molar-refractivity contribution is -0.113. The van der Waals surface area contributed by atoms with Crippen molar-refractivity contribution in [3.8, 4) is 11.5 Å². The van der Waals surface area contributed by atoms with E-state index in [0.29, 0.717) is 40.6 Å². The Kier molecular flexibility index (Phi) is 8.76. The standard InChI is InChI=1S/C28H35N5O3S/c1-6-17-37-28-31-27-29-19(4)24(26(34)30-22-9-7-8-10-23(22)35-5)25(33(27)32-28)20-11-13-21(14-12-20)36-16-15-18(2)3/h7-14,18,25H,6,15-17H2,1-5H3,(H,30,34)(H,29,31,32). The van der Waals surface area contributed by atoms with Gasteiger partial charge in [-0.2, -0.15) is 4.98 Å². The van der Waals surface area contributed by atoms with Crippen LogP contribution in [0.4, 0.5) is 11.6 Å². The minimum absolute atomic E-state index is 0.235. The minimum atomic E-state index is -0.459. The van der Waals surface area contributed by atoms with E-state index >= 15 is 0 Å². The predicted octanol–water partition coefficient (Wildman–Crippen LogP) is 6.14. The number of para-hydroxylation sites is 2. The van der Waals surface area contributed by atoms with E-state index < -0.39 is 6.04 Å². The smallest absolute Gasteiger partial charge is 0.255 e. The van der Waals surface area contributed by atoms with Gasteiger partial charge in [0, 0.05) is 11.4 Å². The number of nitrogens with zero attached hydrogens (tertiary/aromatic N) is 3. The third-order valence-corrected chi connectivity index (χ3v) is 7.07. The molecule has 1 aromatic heterocycles. The first-order valence-corrected chi connectivity index (χ1v) is 13.6. The molecule has 37 heavy (non-hydrogen) atoms. The van der Waals surface area contributed by atoms with E-state index in [1.807, 2.05) is 55.5 Å². The van der Waals surface area contributed by atoms with Crippen molar-refractivity contribution in [2.45, 2.75) is 51.7 Å². The highest BCUT2D eigenvalue weighted by Gasteiger charge is 2.34. The summed E-state index contributed by atoms with van der Waals surface area (Å²) in [5.74, 6) is 3.28. The number of benzene rings is 2. The van der Waals surface area contributed by atoms with Gasteiger partial charge in [-0.15, -0.1) is 5.10 Å². The number of ether oxygens (including phenoxy) is 2. The molecule has 0 radical (unpaired) electrons. The normalized spacial score (nSPS) is 14.8. The maximum atomic E-state index is 13.7. The first-order chi connectivity index (χ1) is 17.9. The topological polar surface area (TPSA) is 90.3 Å². The van der Waals surface area contributed by atoms with Crippen molar-refractivity contribution in [3.05, 3.63) is 65.4 Å². The lowest BCUT2D eigenvalue weighted by atomic mass is 9.95. The fourth-order valence-corrected chi connectivity index (χ4v) is 4.77. The molecule has 0 fully saturated rings. The Morgan fingerprint density at radius 2 is 1.95 bits per heavy atom. The molecule has 2 aromatic carbocycles. The number of thioether (sulfide) groups is 1. The van der Waals surface area contributed by atoms with Crippen LogP contribution in [0.1, 0.15) is 52.1 Å². The third kappa shape index (κ3) is 6.28. The van der Waals surface area contributed by atoms with E-state index in [-0.39, 0.29) is 5.91 Å². The van der Waals surface area contributed by atoms with Gasteiger partial charge >= 0.3 is 0 Å². The summed E-state index contributed by atoms with van der Waals surface area (Å²) in [4.78, 5) is 18.4. The number of rotatable bonds is 11. The summed E-state index contributed by atoms with van der Waals surface area (Å²) in [6.07, 6.45) is 2.01. The quantitative estimate of drug-likeness (QED) is 0.293. The van der Waals surface area contributed by atoms with Gasteiger partial charge in [-0.25, -0.2) is 4.68 Å². The van der Waals surface area contributed by atoms with Crippen molar-refractivity contribution in [2.75, 3.05) is 30.1 Å². The van der Waals surface area contributed by atoms with Gasteiger partial charge in [0.1, 0.15) is 17.5 Å². The SMILES string of the molecule is CCCSc1nc2n(n1)C(c1ccc(OCCC(C)C)cc1)C(C(=O)Nc1ccccc1OC)=C(C)N2. The first kappa shape index (κ1) is 26.6. The zero-order valence-electron chi connectivity index (χ0n) is 22.1. The van der Waals surface area contributed by atoms with E-state index in [9.17, 15) is 4.79 Å². The van der Waals surface area contributed by atoms with Crippen molar-refractivity contribution in [1.82, 2.24) is 14.8 Å². The Labute approximate surface area is 222 Å². The van der Waals surface area contributed by atoms with Gasteiger partial charge in [-0.1, -0.05) is 56.8 Å². The van der Waals surface area contributed by atoms with E-state index in [0.717, 1.165) is 35.6 Å². The zero-order chi connectivity index (χ0) is 26.4. The van der Waals surface area contributed by atoms with Crippen LogP contribution in [0.25, 0.3) is 0 Å². The van der Waals surface area contributed by atoms with Crippen molar-refractivity contribution in [3.63, 3.8) is 0 Å². The molecule has 9 heteroatoms. The summed E-state index contributed by atoms with van der Waals surface area (Å²) in [5, 5.41) is 11.8. The summed E-state index contributed by atoms with van der Waals surface area (Å²) in [5.41, 5.74) is 2.80. The van der Waals surface area contributed by atoms with Gasteiger partial charge in [-0.05, 0) is 55.5 Å². The van der Waals surface area contributed by atoms with Crippen LogP contribution in [-0.2, 0) is 4.79 Å². The molecule has 0 saturated carbocycles. The molecule has 2 heterocycles. The minimum Gasteiger partial charge on any atom is -0.495 e. The fourth-order valence-electron chi connectivity index (χ4n) is 4.08. The second-order valence-electron chi connectivity index (χ2n) is 9.33. The number of aromatic nitrogens is 3. The molecule has 0 aliphatic carbocycles. The van der Waals surface area contributed by atoms with Crippen LogP contribution in [0.5, 0.6) is 11.5 Å². The number of allylic oxidation sites excluding steroid dienone is 1. The largest absolute Gasteiger partial charge is 0.495 e. The lowest BCUT2D eigenvalue weighted by Crippen LogP contribution is -2.31. The van der Waals surface area contributed by atoms with Gasteiger partial charge < -0.3 is 20.1 Å². The van der Waals surface area contributed by atoms with E-state index in [4.69, 9.17) is 14.6 Å². The molecule has 1 aliphatic heterocycles. The van der Waals surface area contributed by atoms with Gasteiger partial charge in [0.2, 0.25) is 11.1 Å². The van der Waals surface area contributed by atoms with Crippen LogP contribution in [0.15, 0.2) is 65.0 Å². The van der Waals surface area contributed by atoms with Crippen molar-refractivity contribution in [1.29, 1.82) is 0 Å². The van der Waals surface area contributed by atoms with Gasteiger partial charge in [0.05, 0.1) is 25.0 Å². The molecule has 8 nitrogen and oxygen atoms in total. The molecule has 1 amide bonds. The lowest BCUT2D eigenvalue weighted by Gasteiger charge is -2.29. The molecule has 2 N–H and O–H groups in total. The molecule has 1 atom stereocenters. The zero-order valence-corrected chi connectivity index (χ0v) is 22.9. The maximum Gasteiger partial charge on any atom is 0.255 e. The summed E-state index contributed by atoms with van der Waals surface area (Å²) in [7, 11) is 1.59. The Bertz CT molecular complexity index is 1250. The number of hydrogen-bond acceptors (Lipinski definition) is 7. The second-order valence-corrected chi connectivity index (χ2v) is 10.4. The fraction of sp³-hybridized carbons (Fsp3) is 0.393. The number of anilines is 2. The van der Waals surface area contributed by atoms with Crippen LogP contribution in [0.3, 0.4) is 0 Å². The Balaban J connectivity index is 1.68. The molecule has 0 spiro atoms. The highest BCUT2D eigenvalue weighted by Crippen LogP contribution is 2.38. The monoisotopic (exact) mass is 521 g/mol. The van der Waals surface area contributed by atoms with Crippen LogP contribution < -0.4 is 20.1 Å². The number of carbonyl (C=O) groups is 1. The van der Waals surface area contributed by atoms with Crippen molar-refractivity contribution >= 4 is 29.3 Å². The number of fused-ring (bicyclic) bond motifs is 1. The number of carbonyl (C=O) groups excluding carboxylic acids is 1. The highest BCUT2D eigenvalue weighted by molar-refractivity contribution is 7.99. The molecule has 196 valence electrons. The Hall–Kier alpha value is -3.46. The van der Waals surface area contributed by atoms with Crippen LogP contribution >= 0.6 is 11.8 Å². The molecule has 1 unspecified atom stereocenters. The number of amides is 1. The average molecular weight is 522 g/mol. The molecular weight excluding hydrogens is 486 g/mol. The summed E-state index contributed by atoms with van der Waals surface area (Å²) < 4.78 is 13.2. The summed E-state index contributed by atoms with van der Waals surface area (Å²) in [6.45, 7) is 9.05. The maximum absolute atomic E-state index is 13.7. The molecular formula is C28H35N5O3S. The van der Waals surface area contributed by atoms with E-state index in [2.05, 4.69) is 36.4 Å². The van der Waals surface area contributed by atoms with Crippen LogP contribution in [0.2, 0.25) is 0 Å². The number of hydrogen-bond donors (Lipinski definition) is 2. The first-order valence-electron chi connectivity index (χ1n) is 12.7. The van der Waals surface area contributed by atoms with Gasteiger partial charge in [0.15, 0.2) is 0 Å². The van der Waals surface area contributed by atoms with Gasteiger partial charge in [-0.3, -0.25) is 4.79 Å². The highest BCUT2D eigenvalue weighted by atomic mass is 32.2. The molecule has 4 rings (SSSR count). The summed E-state index contributed by atoms with van der Waals surface area (Å²) >= 11 is 1.60. The second kappa shape index (κ2) is 12.2. The van der Waals surface area contributed by atoms with E-state index in [1.165, 1.54) is 0 Å². The molecule has 0 saturated heterocycles. The number of nitrogens with one attached hydrogen (secondary N) is 2. The number of methoxy groups -OCH3 is 1. The Morgan fingerprint density at radius 3 is 2.65 bits per heavy atom. The Morgan fingerprint density at radius 1 is 1.19 bits per heavy atom. The van der Waals surface area contributed by atoms with Gasteiger partial charge in [0.25, 0.3) is 5.91 Å². The molecule has 1 aliphatic rings. The third-order valence-electron chi connectivity index (χ3n) is 6.03. The predicted molar refractivity (Wildman–Crippen MR) is 149 cm³/mol. The van der Waals surface area contributed by atoms with Crippen molar-refractivity contribution < 1.29 is 14.3 Å². The van der Waals surface area contributed by atoms with Crippen LogP contribution in [0, 0.1) is 5.92 Å². The summed E-state index contributed by atoms with van der Waals surface area (Å²) in [6, 6.07) is 14.8. The van der Waals surface area contributed by atoms with Crippen LogP contribution in [-0.4, -0.2) is 40.1 Å². The average Bonchev–Trinajstić information content (AvgIpc) is 3.29.